The van der Waals surface area contributed by atoms with E-state index in [1.54, 1.807) is 35.5 Å². The van der Waals surface area contributed by atoms with E-state index in [4.69, 9.17) is 11.6 Å². The zero-order valence-electron chi connectivity index (χ0n) is 12.9. The number of hydrogen-bond acceptors (Lipinski definition) is 3. The van der Waals surface area contributed by atoms with Crippen LogP contribution in [-0.2, 0) is 6.54 Å². The largest absolute Gasteiger partial charge is 0.332 e. The Balaban J connectivity index is 1.63. The van der Waals surface area contributed by atoms with Gasteiger partial charge in [0.05, 0.1) is 23.3 Å². The van der Waals surface area contributed by atoms with Crippen LogP contribution in [0, 0.1) is 0 Å². The van der Waals surface area contributed by atoms with Crippen molar-refractivity contribution in [2.75, 3.05) is 7.05 Å². The van der Waals surface area contributed by atoms with Crippen molar-refractivity contribution in [2.24, 2.45) is 0 Å². The molecule has 1 N–H and O–H groups in total. The molecule has 0 aromatic carbocycles. The van der Waals surface area contributed by atoms with Gasteiger partial charge >= 0.3 is 6.03 Å². The number of amides is 2. The Morgan fingerprint density at radius 3 is 3.00 bits per heavy atom. The van der Waals surface area contributed by atoms with Gasteiger partial charge in [-0.2, -0.15) is 0 Å². The van der Waals surface area contributed by atoms with Crippen molar-refractivity contribution in [3.05, 3.63) is 57.6 Å². The number of aromatic nitrogens is 2. The second-order valence-corrected chi connectivity index (χ2v) is 6.72. The summed E-state index contributed by atoms with van der Waals surface area (Å²) in [7, 11) is 1.79. The third-order valence-corrected chi connectivity index (χ3v) is 5.01. The molecular formula is C16H17ClN4OS. The van der Waals surface area contributed by atoms with Crippen LogP contribution in [0.2, 0.25) is 5.02 Å². The second kappa shape index (κ2) is 6.60. The number of nitrogens with zero attached hydrogens (tertiary/aromatic N) is 3. The highest BCUT2D eigenvalue weighted by molar-refractivity contribution is 7.10. The van der Waals surface area contributed by atoms with Crippen molar-refractivity contribution < 1.29 is 4.79 Å². The number of hydrogen-bond donors (Lipinski definition) is 1. The lowest BCUT2D eigenvalue weighted by Gasteiger charge is -2.24. The molecular weight excluding hydrogens is 332 g/mol. The van der Waals surface area contributed by atoms with Crippen LogP contribution in [0.4, 0.5) is 4.79 Å². The maximum absolute atomic E-state index is 12.3. The van der Waals surface area contributed by atoms with Crippen LogP contribution in [0.25, 0.3) is 5.65 Å². The zero-order valence-corrected chi connectivity index (χ0v) is 14.4. The normalized spacial score (nSPS) is 12.3. The summed E-state index contributed by atoms with van der Waals surface area (Å²) < 4.78 is 1.85. The standard InChI is InChI=1S/C16H17ClN4OS/c1-11(14-4-3-7-23-14)20(2)16(22)18-8-13-10-21-9-12(17)5-6-15(21)19-13/h3-7,9-11H,8H2,1-2H3,(H,18,22). The molecule has 1 atom stereocenters. The van der Waals surface area contributed by atoms with Gasteiger partial charge in [0.25, 0.3) is 0 Å². The van der Waals surface area contributed by atoms with E-state index in [9.17, 15) is 4.79 Å². The molecule has 5 nitrogen and oxygen atoms in total. The lowest BCUT2D eigenvalue weighted by Crippen LogP contribution is -2.38. The number of imidazole rings is 1. The molecule has 1 unspecified atom stereocenters. The maximum Gasteiger partial charge on any atom is 0.317 e. The van der Waals surface area contributed by atoms with E-state index in [0.717, 1.165) is 16.2 Å². The van der Waals surface area contributed by atoms with Gasteiger partial charge in [-0.1, -0.05) is 17.7 Å². The summed E-state index contributed by atoms with van der Waals surface area (Å²) in [5, 5.41) is 5.56. The molecule has 7 heteroatoms. The lowest BCUT2D eigenvalue weighted by molar-refractivity contribution is 0.194. The molecule has 3 heterocycles. The van der Waals surface area contributed by atoms with E-state index in [1.807, 2.05) is 41.1 Å². The van der Waals surface area contributed by atoms with Gasteiger partial charge in [0.15, 0.2) is 0 Å². The molecule has 0 saturated heterocycles. The average molecular weight is 349 g/mol. The fraction of sp³-hybridized carbons (Fsp3) is 0.250. The van der Waals surface area contributed by atoms with Crippen LogP contribution in [0.3, 0.4) is 0 Å². The fourth-order valence-corrected chi connectivity index (χ4v) is 3.28. The Kier molecular flexibility index (Phi) is 4.54. The van der Waals surface area contributed by atoms with Gasteiger partial charge < -0.3 is 14.6 Å². The van der Waals surface area contributed by atoms with Gasteiger partial charge in [-0.15, -0.1) is 11.3 Å². The molecule has 0 saturated carbocycles. The number of rotatable bonds is 4. The van der Waals surface area contributed by atoms with Crippen LogP contribution in [0.1, 0.15) is 23.5 Å². The maximum atomic E-state index is 12.3. The molecule has 0 fully saturated rings. The van der Waals surface area contributed by atoms with Crippen LogP contribution in [0.15, 0.2) is 42.0 Å². The smallest absolute Gasteiger partial charge is 0.317 e. The Morgan fingerprint density at radius 2 is 2.26 bits per heavy atom. The molecule has 0 aliphatic heterocycles. The van der Waals surface area contributed by atoms with E-state index in [0.29, 0.717) is 11.6 Å². The average Bonchev–Trinajstić information content (AvgIpc) is 3.19. The van der Waals surface area contributed by atoms with Crippen molar-refractivity contribution in [3.63, 3.8) is 0 Å². The number of carbonyl (C=O) groups excluding carboxylic acids is 1. The summed E-state index contributed by atoms with van der Waals surface area (Å²) in [5.41, 5.74) is 1.59. The summed E-state index contributed by atoms with van der Waals surface area (Å²) in [4.78, 5) is 19.6. The van der Waals surface area contributed by atoms with Crippen molar-refractivity contribution in [2.45, 2.75) is 19.5 Å². The first kappa shape index (κ1) is 15.8. The van der Waals surface area contributed by atoms with Gasteiger partial charge in [-0.05, 0) is 30.5 Å². The predicted molar refractivity (Wildman–Crippen MR) is 92.9 cm³/mol. The quantitative estimate of drug-likeness (QED) is 0.776. The highest BCUT2D eigenvalue weighted by Gasteiger charge is 2.18. The van der Waals surface area contributed by atoms with Crippen LogP contribution >= 0.6 is 22.9 Å². The van der Waals surface area contributed by atoms with Crippen LogP contribution < -0.4 is 5.32 Å². The monoisotopic (exact) mass is 348 g/mol. The number of fused-ring (bicyclic) bond motifs is 1. The molecule has 0 aliphatic carbocycles. The molecule has 3 aromatic rings. The summed E-state index contributed by atoms with van der Waals surface area (Å²) in [5.74, 6) is 0. The Hall–Kier alpha value is -2.05. The fourth-order valence-electron chi connectivity index (χ4n) is 2.29. The number of thiophene rings is 1. The van der Waals surface area contributed by atoms with Crippen molar-refractivity contribution in [1.82, 2.24) is 19.6 Å². The van der Waals surface area contributed by atoms with Crippen molar-refractivity contribution in [1.29, 1.82) is 0 Å². The lowest BCUT2D eigenvalue weighted by atomic mass is 10.2. The third-order valence-electron chi connectivity index (χ3n) is 3.74. The van der Waals surface area contributed by atoms with E-state index in [-0.39, 0.29) is 12.1 Å². The second-order valence-electron chi connectivity index (χ2n) is 5.31. The van der Waals surface area contributed by atoms with Gasteiger partial charge in [0, 0.05) is 24.3 Å². The Morgan fingerprint density at radius 1 is 1.43 bits per heavy atom. The first-order chi connectivity index (χ1) is 11.0. The number of carbonyl (C=O) groups is 1. The van der Waals surface area contributed by atoms with Gasteiger partial charge in [0.1, 0.15) is 5.65 Å². The molecule has 120 valence electrons. The van der Waals surface area contributed by atoms with E-state index < -0.39 is 0 Å². The molecule has 0 radical (unpaired) electrons. The highest BCUT2D eigenvalue weighted by Crippen LogP contribution is 2.23. The Bertz CT molecular complexity index is 815. The van der Waals surface area contributed by atoms with E-state index >= 15 is 0 Å². The molecule has 0 spiro atoms. The first-order valence-corrected chi connectivity index (χ1v) is 8.47. The highest BCUT2D eigenvalue weighted by atomic mass is 35.5. The minimum atomic E-state index is -0.124. The van der Waals surface area contributed by atoms with Gasteiger partial charge in [-0.25, -0.2) is 9.78 Å². The Labute approximate surface area is 143 Å². The topological polar surface area (TPSA) is 49.6 Å². The molecule has 23 heavy (non-hydrogen) atoms. The van der Waals surface area contributed by atoms with Crippen LogP contribution in [0.5, 0.6) is 0 Å². The minimum absolute atomic E-state index is 0.0369. The van der Waals surface area contributed by atoms with Gasteiger partial charge in [0.2, 0.25) is 0 Å². The molecule has 3 aromatic heterocycles. The van der Waals surface area contributed by atoms with Crippen molar-refractivity contribution in [3.8, 4) is 0 Å². The van der Waals surface area contributed by atoms with Crippen LogP contribution in [-0.4, -0.2) is 27.4 Å². The summed E-state index contributed by atoms with van der Waals surface area (Å²) in [6.07, 6.45) is 3.66. The molecule has 3 rings (SSSR count). The number of urea groups is 1. The number of halogens is 1. The van der Waals surface area contributed by atoms with E-state index in [2.05, 4.69) is 10.3 Å². The van der Waals surface area contributed by atoms with Crippen molar-refractivity contribution >= 4 is 34.6 Å². The summed E-state index contributed by atoms with van der Waals surface area (Å²) >= 11 is 7.60. The minimum Gasteiger partial charge on any atom is -0.332 e. The van der Waals surface area contributed by atoms with Gasteiger partial charge in [-0.3, -0.25) is 0 Å². The number of pyridine rings is 1. The van der Waals surface area contributed by atoms with E-state index in [1.165, 1.54) is 0 Å². The molecule has 0 bridgehead atoms. The predicted octanol–water partition coefficient (Wildman–Crippen LogP) is 3.95. The molecule has 2 amide bonds. The summed E-state index contributed by atoms with van der Waals surface area (Å²) in [6, 6.07) is 7.58. The number of nitrogens with one attached hydrogen (secondary N) is 1. The molecule has 0 aliphatic rings. The third kappa shape index (κ3) is 3.48. The summed E-state index contributed by atoms with van der Waals surface area (Å²) in [6.45, 7) is 2.39. The first-order valence-electron chi connectivity index (χ1n) is 7.22. The SMILES string of the molecule is CC(c1cccs1)N(C)C(=O)NCc1cn2cc(Cl)ccc2n1. The zero-order chi connectivity index (χ0) is 16.4.